The van der Waals surface area contributed by atoms with Crippen LogP contribution < -0.4 is 0 Å². The van der Waals surface area contributed by atoms with Crippen LogP contribution in [0.25, 0.3) is 0 Å². The molecule has 1 rings (SSSR count). The maximum absolute atomic E-state index is 11.4. The Bertz CT molecular complexity index is 573. The van der Waals surface area contributed by atoms with Crippen molar-refractivity contribution in [3.63, 3.8) is 0 Å². The van der Waals surface area contributed by atoms with Crippen molar-refractivity contribution >= 4 is 17.9 Å². The van der Waals surface area contributed by atoms with E-state index in [2.05, 4.69) is 4.98 Å². The van der Waals surface area contributed by atoms with Crippen LogP contribution in [0.1, 0.15) is 60.9 Å². The number of aromatic carboxylic acids is 1. The molecule has 0 aromatic carbocycles. The van der Waals surface area contributed by atoms with Crippen LogP contribution >= 0.6 is 0 Å². The number of rotatable bonds is 7. The topological polar surface area (TPSA) is 106 Å². The highest BCUT2D eigenvalue weighted by Gasteiger charge is 2.24. The molecule has 0 aliphatic rings. The zero-order valence-electron chi connectivity index (χ0n) is 13.2. The van der Waals surface area contributed by atoms with E-state index >= 15 is 0 Å². The summed E-state index contributed by atoms with van der Waals surface area (Å²) in [5.41, 5.74) is 1.95. The summed E-state index contributed by atoms with van der Waals surface area (Å²) in [7, 11) is 0. The third kappa shape index (κ3) is 4.61. The molecular weight excluding hydrogens is 290 g/mol. The minimum atomic E-state index is -1.08. The highest BCUT2D eigenvalue weighted by atomic mass is 16.5. The van der Waals surface area contributed by atoms with E-state index in [0.29, 0.717) is 17.7 Å². The number of hydrogen-bond acceptors (Lipinski definition) is 5. The lowest BCUT2D eigenvalue weighted by Gasteiger charge is -2.11. The minimum absolute atomic E-state index is 0.0410. The minimum Gasteiger partial charge on any atom is -0.477 e. The fourth-order valence-corrected chi connectivity index (χ4v) is 2.29. The predicted molar refractivity (Wildman–Crippen MR) is 77.6 cm³/mol. The van der Waals surface area contributed by atoms with E-state index in [9.17, 15) is 19.5 Å². The van der Waals surface area contributed by atoms with Crippen LogP contribution in [-0.2, 0) is 32.1 Å². The molecule has 0 amide bonds. The van der Waals surface area contributed by atoms with E-state index in [1.54, 1.807) is 0 Å². The van der Waals surface area contributed by atoms with Crippen LogP contribution in [0.15, 0.2) is 0 Å². The van der Waals surface area contributed by atoms with Crippen LogP contribution in [0, 0.1) is 0 Å². The van der Waals surface area contributed by atoms with Crippen molar-refractivity contribution < 1.29 is 29.0 Å². The summed E-state index contributed by atoms with van der Waals surface area (Å²) in [6.45, 7) is 6.43. The van der Waals surface area contributed by atoms with Gasteiger partial charge in [0, 0.05) is 20.3 Å². The number of nitrogens with one attached hydrogen (secondary N) is 1. The van der Waals surface area contributed by atoms with E-state index < -0.39 is 17.9 Å². The Balaban J connectivity index is 3.16. The largest absolute Gasteiger partial charge is 0.477 e. The Morgan fingerprint density at radius 1 is 1.14 bits per heavy atom. The van der Waals surface area contributed by atoms with E-state index in [-0.39, 0.29) is 24.8 Å². The number of H-pyrrole nitrogens is 1. The Hall–Kier alpha value is -2.31. The highest BCUT2D eigenvalue weighted by molar-refractivity contribution is 5.88. The first-order valence-electron chi connectivity index (χ1n) is 6.97. The van der Waals surface area contributed by atoms with E-state index in [1.165, 1.54) is 13.8 Å². The normalized spacial score (nSPS) is 10.6. The molecule has 0 saturated heterocycles. The number of carboxylic acid groups (broad SMARTS) is 1. The van der Waals surface area contributed by atoms with Gasteiger partial charge >= 0.3 is 17.9 Å². The number of carboxylic acids is 1. The fraction of sp³-hybridized carbons (Fsp3) is 0.533. The Kier molecular flexibility index (Phi) is 6.15. The van der Waals surface area contributed by atoms with Crippen molar-refractivity contribution in [3.8, 4) is 0 Å². The molecule has 1 aromatic rings. The molecular formula is C15H21NO6. The van der Waals surface area contributed by atoms with Gasteiger partial charge in [0.05, 0.1) is 12.3 Å². The third-order valence-corrected chi connectivity index (χ3v) is 3.10. The van der Waals surface area contributed by atoms with Gasteiger partial charge in [-0.2, -0.15) is 0 Å². The first-order chi connectivity index (χ1) is 10.2. The number of ether oxygens (including phenoxy) is 2. The SMILES string of the molecule is CC(=O)OCCc1c(COC(C)=O)[nH]c(C(=O)O)c1C(C)C. The molecule has 122 valence electrons. The molecule has 0 aliphatic carbocycles. The van der Waals surface area contributed by atoms with Gasteiger partial charge < -0.3 is 19.6 Å². The van der Waals surface area contributed by atoms with Gasteiger partial charge in [0.15, 0.2) is 0 Å². The van der Waals surface area contributed by atoms with Crippen LogP contribution in [0.2, 0.25) is 0 Å². The van der Waals surface area contributed by atoms with Crippen LogP contribution in [0.3, 0.4) is 0 Å². The Morgan fingerprint density at radius 2 is 1.73 bits per heavy atom. The maximum Gasteiger partial charge on any atom is 0.352 e. The van der Waals surface area contributed by atoms with Gasteiger partial charge in [0.2, 0.25) is 0 Å². The van der Waals surface area contributed by atoms with Crippen molar-refractivity contribution in [2.75, 3.05) is 6.61 Å². The van der Waals surface area contributed by atoms with Crippen molar-refractivity contribution in [3.05, 3.63) is 22.5 Å². The quantitative estimate of drug-likeness (QED) is 0.746. The number of carbonyl (C=O) groups is 3. The highest BCUT2D eigenvalue weighted by Crippen LogP contribution is 2.28. The van der Waals surface area contributed by atoms with Gasteiger partial charge in [-0.05, 0) is 17.0 Å². The van der Waals surface area contributed by atoms with Gasteiger partial charge in [-0.25, -0.2) is 4.79 Å². The van der Waals surface area contributed by atoms with Crippen LogP contribution in [0.5, 0.6) is 0 Å². The lowest BCUT2D eigenvalue weighted by atomic mass is 9.95. The molecule has 7 nitrogen and oxygen atoms in total. The molecule has 2 N–H and O–H groups in total. The van der Waals surface area contributed by atoms with Crippen LogP contribution in [0.4, 0.5) is 0 Å². The molecule has 7 heteroatoms. The molecule has 0 aliphatic heterocycles. The van der Waals surface area contributed by atoms with Gasteiger partial charge in [0.25, 0.3) is 0 Å². The lowest BCUT2D eigenvalue weighted by Crippen LogP contribution is -2.08. The summed E-state index contributed by atoms with van der Waals surface area (Å²) < 4.78 is 9.88. The molecule has 0 saturated carbocycles. The second-order valence-electron chi connectivity index (χ2n) is 5.20. The average Bonchev–Trinajstić information content (AvgIpc) is 2.75. The summed E-state index contributed by atoms with van der Waals surface area (Å²) in [6.07, 6.45) is 0.355. The zero-order valence-corrected chi connectivity index (χ0v) is 13.2. The molecule has 0 radical (unpaired) electrons. The molecule has 1 aromatic heterocycles. The van der Waals surface area contributed by atoms with Gasteiger partial charge in [-0.15, -0.1) is 0 Å². The smallest absolute Gasteiger partial charge is 0.352 e. The molecule has 0 spiro atoms. The molecule has 0 bridgehead atoms. The summed E-state index contributed by atoms with van der Waals surface area (Å²) in [6, 6.07) is 0. The van der Waals surface area contributed by atoms with Crippen molar-refractivity contribution in [1.29, 1.82) is 0 Å². The Morgan fingerprint density at radius 3 is 2.18 bits per heavy atom. The summed E-state index contributed by atoms with van der Waals surface area (Å²) in [4.78, 5) is 36.0. The van der Waals surface area contributed by atoms with Crippen LogP contribution in [-0.4, -0.2) is 34.6 Å². The first kappa shape index (κ1) is 17.7. The first-order valence-corrected chi connectivity index (χ1v) is 6.97. The van der Waals surface area contributed by atoms with E-state index in [1.807, 2.05) is 13.8 Å². The second kappa shape index (κ2) is 7.63. The van der Waals surface area contributed by atoms with E-state index in [4.69, 9.17) is 9.47 Å². The number of esters is 2. The molecule has 0 fully saturated rings. The Labute approximate surface area is 128 Å². The number of aromatic nitrogens is 1. The monoisotopic (exact) mass is 311 g/mol. The zero-order chi connectivity index (χ0) is 16.9. The maximum atomic E-state index is 11.4. The standard InChI is InChI=1S/C15H21NO6/c1-8(2)13-11(5-6-21-9(3)17)12(7-22-10(4)18)16-14(13)15(19)20/h8,16H,5-7H2,1-4H3,(H,19,20). The van der Waals surface area contributed by atoms with Crippen molar-refractivity contribution in [1.82, 2.24) is 4.98 Å². The summed E-state index contributed by atoms with van der Waals surface area (Å²) in [5, 5.41) is 9.32. The predicted octanol–water partition coefficient (Wildman–Crippen LogP) is 2.00. The molecule has 1 heterocycles. The van der Waals surface area contributed by atoms with Gasteiger partial charge in [-0.1, -0.05) is 13.8 Å². The molecule has 0 atom stereocenters. The second-order valence-corrected chi connectivity index (χ2v) is 5.20. The molecule has 22 heavy (non-hydrogen) atoms. The number of hydrogen-bond donors (Lipinski definition) is 2. The van der Waals surface area contributed by atoms with Crippen molar-refractivity contribution in [2.45, 2.75) is 46.6 Å². The summed E-state index contributed by atoms with van der Waals surface area (Å²) >= 11 is 0. The van der Waals surface area contributed by atoms with Crippen molar-refractivity contribution in [2.24, 2.45) is 0 Å². The summed E-state index contributed by atoms with van der Waals surface area (Å²) in [5.74, 6) is -1.97. The fourth-order valence-electron chi connectivity index (χ4n) is 2.29. The van der Waals surface area contributed by atoms with E-state index in [0.717, 1.165) is 5.56 Å². The van der Waals surface area contributed by atoms with Gasteiger partial charge in [0.1, 0.15) is 12.3 Å². The third-order valence-electron chi connectivity index (χ3n) is 3.10. The van der Waals surface area contributed by atoms with Gasteiger partial charge in [-0.3, -0.25) is 9.59 Å². The lowest BCUT2D eigenvalue weighted by molar-refractivity contribution is -0.142. The number of carbonyl (C=O) groups excluding carboxylic acids is 2. The molecule has 0 unspecified atom stereocenters. The number of aromatic amines is 1. The average molecular weight is 311 g/mol.